The van der Waals surface area contributed by atoms with Gasteiger partial charge in [-0.25, -0.2) is 12.8 Å². The molecule has 3 heterocycles. The number of aliphatic imine (C=N–C) groups is 1. The predicted octanol–water partition coefficient (Wildman–Crippen LogP) is 2.09. The lowest BCUT2D eigenvalue weighted by molar-refractivity contribution is 0.259. The quantitative estimate of drug-likeness (QED) is 0.470. The van der Waals surface area contributed by atoms with Crippen molar-refractivity contribution in [2.45, 2.75) is 19.2 Å². The van der Waals surface area contributed by atoms with E-state index in [1.807, 2.05) is 11.8 Å². The van der Waals surface area contributed by atoms with E-state index in [1.54, 1.807) is 19.2 Å². The molecule has 0 amide bonds. The van der Waals surface area contributed by atoms with Crippen LogP contribution in [0.25, 0.3) is 11.0 Å². The minimum atomic E-state index is -3.46. The van der Waals surface area contributed by atoms with Gasteiger partial charge in [0.05, 0.1) is 12.2 Å². The number of nitrogens with zero attached hydrogens (tertiary/aromatic N) is 4. The molecule has 1 aromatic carbocycles. The van der Waals surface area contributed by atoms with E-state index < -0.39 is 10.0 Å². The number of halogens is 1. The minimum Gasteiger partial charge on any atom is -0.459 e. The van der Waals surface area contributed by atoms with Crippen molar-refractivity contribution in [2.24, 2.45) is 4.99 Å². The summed E-state index contributed by atoms with van der Waals surface area (Å²) in [6.45, 7) is 3.99. The highest BCUT2D eigenvalue weighted by atomic mass is 32.2. The van der Waals surface area contributed by atoms with Gasteiger partial charge in [0.15, 0.2) is 5.96 Å². The van der Waals surface area contributed by atoms with Gasteiger partial charge in [-0.15, -0.1) is 0 Å². The van der Waals surface area contributed by atoms with E-state index in [0.29, 0.717) is 55.7 Å². The van der Waals surface area contributed by atoms with Crippen LogP contribution in [0.5, 0.6) is 0 Å². The molecule has 1 aliphatic rings. The topological polar surface area (TPSA) is 104 Å². The zero-order valence-corrected chi connectivity index (χ0v) is 18.2. The van der Waals surface area contributed by atoms with E-state index in [1.165, 1.54) is 22.7 Å². The van der Waals surface area contributed by atoms with Crippen LogP contribution in [0.2, 0.25) is 0 Å². The number of benzene rings is 1. The lowest BCUT2D eigenvalue weighted by Crippen LogP contribution is -2.53. The summed E-state index contributed by atoms with van der Waals surface area (Å²) in [6.07, 6.45) is 1.36. The zero-order valence-electron chi connectivity index (χ0n) is 17.3. The van der Waals surface area contributed by atoms with Crippen molar-refractivity contribution in [1.82, 2.24) is 19.7 Å². The standard InChI is InChI=1S/C20H24FN5O4S/c1-14-17-11-15(21)3-4-18(17)30-19(14)12-23-20(22-2)25-6-8-26(9-7-25)31(27,28)13-16-5-10-29-24-16/h3-5,10-11H,6-9,12-13H2,1-2H3,(H,22,23). The monoisotopic (exact) mass is 449 g/mol. The third-order valence-electron chi connectivity index (χ3n) is 5.37. The first-order valence-electron chi connectivity index (χ1n) is 9.87. The second-order valence-corrected chi connectivity index (χ2v) is 9.29. The number of nitrogens with one attached hydrogen (secondary N) is 1. The summed E-state index contributed by atoms with van der Waals surface area (Å²) in [4.78, 5) is 6.31. The van der Waals surface area contributed by atoms with Crippen molar-refractivity contribution < 1.29 is 21.7 Å². The molecule has 0 saturated carbocycles. The Hall–Kier alpha value is -2.92. The van der Waals surface area contributed by atoms with Gasteiger partial charge in [0, 0.05) is 50.2 Å². The van der Waals surface area contributed by atoms with Crippen molar-refractivity contribution in [3.8, 4) is 0 Å². The second-order valence-electron chi connectivity index (χ2n) is 7.32. The van der Waals surface area contributed by atoms with Gasteiger partial charge in [-0.05, 0) is 25.1 Å². The van der Waals surface area contributed by atoms with E-state index >= 15 is 0 Å². The normalized spacial score (nSPS) is 16.2. The number of hydrogen-bond acceptors (Lipinski definition) is 6. The molecule has 0 aliphatic carbocycles. The van der Waals surface area contributed by atoms with Gasteiger partial charge in [0.1, 0.15) is 29.2 Å². The van der Waals surface area contributed by atoms with E-state index in [2.05, 4.69) is 15.5 Å². The van der Waals surface area contributed by atoms with Crippen LogP contribution in [0.3, 0.4) is 0 Å². The summed E-state index contributed by atoms with van der Waals surface area (Å²) in [5.41, 5.74) is 1.90. The smallest absolute Gasteiger partial charge is 0.220 e. The van der Waals surface area contributed by atoms with Gasteiger partial charge in [-0.2, -0.15) is 4.31 Å². The number of fused-ring (bicyclic) bond motifs is 1. The van der Waals surface area contributed by atoms with E-state index in [-0.39, 0.29) is 11.6 Å². The molecule has 0 radical (unpaired) electrons. The summed E-state index contributed by atoms with van der Waals surface area (Å²) in [5, 5.41) is 7.69. The van der Waals surface area contributed by atoms with Gasteiger partial charge >= 0.3 is 0 Å². The Morgan fingerprint density at radius 3 is 2.71 bits per heavy atom. The van der Waals surface area contributed by atoms with E-state index in [4.69, 9.17) is 8.94 Å². The number of furan rings is 1. The molecule has 0 unspecified atom stereocenters. The Bertz CT molecular complexity index is 1180. The highest BCUT2D eigenvalue weighted by molar-refractivity contribution is 7.88. The lowest BCUT2D eigenvalue weighted by Gasteiger charge is -2.35. The van der Waals surface area contributed by atoms with Crippen molar-refractivity contribution >= 4 is 27.0 Å². The third-order valence-corrected chi connectivity index (χ3v) is 7.18. The maximum absolute atomic E-state index is 13.5. The van der Waals surface area contributed by atoms with E-state index in [0.717, 1.165) is 10.9 Å². The van der Waals surface area contributed by atoms with Crippen LogP contribution < -0.4 is 5.32 Å². The molecule has 0 spiro atoms. The van der Waals surface area contributed by atoms with Crippen LogP contribution in [0.15, 0.2) is 44.5 Å². The molecule has 3 aromatic rings. The largest absolute Gasteiger partial charge is 0.459 e. The summed E-state index contributed by atoms with van der Waals surface area (Å²) in [5.74, 6) is 0.876. The SMILES string of the molecule is CN=C(NCc1oc2ccc(F)cc2c1C)N1CCN(S(=O)(=O)Cc2ccon2)CC1. The molecule has 1 fully saturated rings. The van der Waals surface area contributed by atoms with Gasteiger partial charge in [0.2, 0.25) is 10.0 Å². The highest BCUT2D eigenvalue weighted by Gasteiger charge is 2.29. The molecule has 166 valence electrons. The predicted molar refractivity (Wildman–Crippen MR) is 113 cm³/mol. The zero-order chi connectivity index (χ0) is 22.0. The Balaban J connectivity index is 1.36. The molecule has 4 rings (SSSR count). The van der Waals surface area contributed by atoms with Crippen LogP contribution in [0.1, 0.15) is 17.0 Å². The maximum atomic E-state index is 13.5. The second kappa shape index (κ2) is 8.67. The Kier molecular flexibility index (Phi) is 5.96. The van der Waals surface area contributed by atoms with Crippen molar-refractivity contribution in [3.63, 3.8) is 0 Å². The molecule has 1 saturated heterocycles. The minimum absolute atomic E-state index is 0.178. The number of aryl methyl sites for hydroxylation is 1. The number of guanidine groups is 1. The number of hydrogen-bond donors (Lipinski definition) is 1. The highest BCUT2D eigenvalue weighted by Crippen LogP contribution is 2.26. The first-order chi connectivity index (χ1) is 14.9. The Labute approximate surface area is 179 Å². The van der Waals surface area contributed by atoms with Gasteiger partial charge < -0.3 is 19.2 Å². The number of sulfonamides is 1. The molecule has 0 atom stereocenters. The fourth-order valence-corrected chi connectivity index (χ4v) is 5.10. The van der Waals surface area contributed by atoms with Crippen molar-refractivity contribution in [1.29, 1.82) is 0 Å². The molecule has 11 heteroatoms. The van der Waals surface area contributed by atoms with Crippen molar-refractivity contribution in [3.05, 3.63) is 53.4 Å². The molecule has 9 nitrogen and oxygen atoms in total. The summed E-state index contributed by atoms with van der Waals surface area (Å²) in [6, 6.07) is 6.01. The molecule has 1 N–H and O–H groups in total. The Morgan fingerprint density at radius 1 is 1.26 bits per heavy atom. The van der Waals surface area contributed by atoms with Crippen LogP contribution >= 0.6 is 0 Å². The maximum Gasteiger partial charge on any atom is 0.220 e. The molecule has 1 aliphatic heterocycles. The van der Waals surface area contributed by atoms with Crippen LogP contribution in [0, 0.1) is 12.7 Å². The summed E-state index contributed by atoms with van der Waals surface area (Å²) < 4.78 is 50.7. The molecular formula is C20H24FN5O4S. The number of aromatic nitrogens is 1. The number of rotatable bonds is 5. The summed E-state index contributed by atoms with van der Waals surface area (Å²) in [7, 11) is -1.79. The molecule has 0 bridgehead atoms. The lowest BCUT2D eigenvalue weighted by atomic mass is 10.1. The molecule has 2 aromatic heterocycles. The van der Waals surface area contributed by atoms with Gasteiger partial charge in [-0.3, -0.25) is 4.99 Å². The van der Waals surface area contributed by atoms with Gasteiger partial charge in [0.25, 0.3) is 0 Å². The van der Waals surface area contributed by atoms with Crippen LogP contribution in [-0.2, 0) is 22.3 Å². The van der Waals surface area contributed by atoms with E-state index in [9.17, 15) is 12.8 Å². The average Bonchev–Trinajstić information content (AvgIpc) is 3.37. The van der Waals surface area contributed by atoms with Crippen LogP contribution in [-0.4, -0.2) is 62.0 Å². The van der Waals surface area contributed by atoms with Crippen LogP contribution in [0.4, 0.5) is 4.39 Å². The van der Waals surface area contributed by atoms with Crippen molar-refractivity contribution in [2.75, 3.05) is 33.2 Å². The fourth-order valence-electron chi connectivity index (χ4n) is 3.67. The first-order valence-corrected chi connectivity index (χ1v) is 11.5. The fraction of sp³-hybridized carbons (Fsp3) is 0.400. The van der Waals surface area contributed by atoms with Gasteiger partial charge in [-0.1, -0.05) is 5.16 Å². The Morgan fingerprint density at radius 2 is 2.03 bits per heavy atom. The molecule has 31 heavy (non-hydrogen) atoms. The first kappa shape index (κ1) is 21.3. The summed E-state index contributed by atoms with van der Waals surface area (Å²) >= 11 is 0. The molecular weight excluding hydrogens is 425 g/mol. The third kappa shape index (κ3) is 4.57. The average molecular weight is 450 g/mol. The number of piperazine rings is 1.